The first kappa shape index (κ1) is 26.0. The number of halogens is 2. The fourth-order valence-electron chi connectivity index (χ4n) is 4.09. The average molecular weight is 451 g/mol. The van der Waals surface area contributed by atoms with Crippen molar-refractivity contribution < 1.29 is 28.2 Å². The largest absolute Gasteiger partial charge is 0.487 e. The molecule has 1 aromatic rings. The summed E-state index contributed by atoms with van der Waals surface area (Å²) in [5.41, 5.74) is 0. The lowest BCUT2D eigenvalue weighted by Crippen LogP contribution is -2.24. The Kier molecular flexibility index (Phi) is 10.4. The van der Waals surface area contributed by atoms with Crippen LogP contribution in [-0.2, 0) is 9.53 Å². The zero-order valence-corrected chi connectivity index (χ0v) is 19.3. The number of carbonyl (C=O) groups is 1. The smallest absolute Gasteiger partial charge is 0.306 e. The van der Waals surface area contributed by atoms with Gasteiger partial charge in [0, 0.05) is 6.42 Å². The minimum absolute atomic E-state index is 0.103. The standard InChI is InChI=1S/C26H36F2O4/c1-19(2)32-25(30)14-10-5-4-9-13-23-22(20(3)17-24(23)29)15-16-26(27,28)18-31-21-11-7-6-8-12-21/h4,6-9,11-12,15-16,19-20,22-24,29H,5,10,13-14,17-18H2,1-3H3/b9-4-,16-15+/t20-,22+,23-,24+/m1/s1. The van der Waals surface area contributed by atoms with E-state index in [1.165, 1.54) is 0 Å². The summed E-state index contributed by atoms with van der Waals surface area (Å²) in [4.78, 5) is 11.5. The molecule has 178 valence electrons. The van der Waals surface area contributed by atoms with Gasteiger partial charge in [-0.05, 0) is 75.5 Å². The van der Waals surface area contributed by atoms with Crippen molar-refractivity contribution in [2.24, 2.45) is 17.8 Å². The minimum Gasteiger partial charge on any atom is -0.487 e. The number of hydrogen-bond acceptors (Lipinski definition) is 4. The Hall–Kier alpha value is -2.21. The van der Waals surface area contributed by atoms with Crippen molar-refractivity contribution in [2.45, 2.75) is 71.0 Å². The first-order valence-corrected chi connectivity index (χ1v) is 11.5. The Labute approximate surface area is 190 Å². The van der Waals surface area contributed by atoms with Crippen molar-refractivity contribution in [1.82, 2.24) is 0 Å². The van der Waals surface area contributed by atoms with Gasteiger partial charge in [0.05, 0.1) is 12.2 Å². The van der Waals surface area contributed by atoms with Gasteiger partial charge >= 0.3 is 5.97 Å². The summed E-state index contributed by atoms with van der Waals surface area (Å²) in [6, 6.07) is 8.56. The molecule has 0 spiro atoms. The van der Waals surface area contributed by atoms with E-state index in [1.807, 2.05) is 32.9 Å². The molecule has 0 heterocycles. The van der Waals surface area contributed by atoms with Gasteiger partial charge < -0.3 is 14.6 Å². The van der Waals surface area contributed by atoms with E-state index in [0.717, 1.165) is 12.5 Å². The topological polar surface area (TPSA) is 55.8 Å². The van der Waals surface area contributed by atoms with E-state index in [9.17, 15) is 18.7 Å². The van der Waals surface area contributed by atoms with Crippen LogP contribution in [0.2, 0.25) is 0 Å². The van der Waals surface area contributed by atoms with Crippen molar-refractivity contribution in [2.75, 3.05) is 6.61 Å². The average Bonchev–Trinajstić information content (AvgIpc) is 3.00. The number of unbranched alkanes of at least 4 members (excludes halogenated alkanes) is 1. The van der Waals surface area contributed by atoms with Gasteiger partial charge in [0.2, 0.25) is 0 Å². The number of aliphatic hydroxyl groups is 1. The molecule has 4 nitrogen and oxygen atoms in total. The second kappa shape index (κ2) is 12.7. The van der Waals surface area contributed by atoms with Crippen LogP contribution >= 0.6 is 0 Å². The molecule has 0 unspecified atom stereocenters. The Morgan fingerprint density at radius 1 is 1.25 bits per heavy atom. The molecule has 1 N–H and O–H groups in total. The Balaban J connectivity index is 1.83. The first-order chi connectivity index (χ1) is 15.2. The molecule has 2 rings (SSSR count). The van der Waals surface area contributed by atoms with Crippen LogP contribution in [0.1, 0.15) is 52.9 Å². The van der Waals surface area contributed by atoms with Crippen LogP contribution in [-0.4, -0.2) is 35.8 Å². The maximum Gasteiger partial charge on any atom is 0.306 e. The molecule has 1 aliphatic carbocycles. The summed E-state index contributed by atoms with van der Waals surface area (Å²) >= 11 is 0. The van der Waals surface area contributed by atoms with Gasteiger partial charge in [0.15, 0.2) is 6.61 Å². The van der Waals surface area contributed by atoms with Crippen molar-refractivity contribution >= 4 is 5.97 Å². The third-order valence-corrected chi connectivity index (χ3v) is 5.69. The van der Waals surface area contributed by atoms with E-state index in [0.29, 0.717) is 31.4 Å². The fourth-order valence-corrected chi connectivity index (χ4v) is 4.09. The van der Waals surface area contributed by atoms with Crippen molar-refractivity contribution in [3.63, 3.8) is 0 Å². The predicted molar refractivity (Wildman–Crippen MR) is 122 cm³/mol. The maximum absolute atomic E-state index is 14.3. The molecule has 0 bridgehead atoms. The second-order valence-corrected chi connectivity index (χ2v) is 8.88. The molecule has 0 radical (unpaired) electrons. The lowest BCUT2D eigenvalue weighted by atomic mass is 9.87. The summed E-state index contributed by atoms with van der Waals surface area (Å²) in [6.07, 6.45) is 8.84. The van der Waals surface area contributed by atoms with E-state index in [1.54, 1.807) is 36.4 Å². The molecule has 1 fully saturated rings. The summed E-state index contributed by atoms with van der Waals surface area (Å²) in [7, 11) is 0. The van der Waals surface area contributed by atoms with Gasteiger partial charge in [-0.25, -0.2) is 0 Å². The number of benzene rings is 1. The zero-order valence-electron chi connectivity index (χ0n) is 19.3. The predicted octanol–water partition coefficient (Wildman–Crippen LogP) is 5.96. The molecule has 0 aromatic heterocycles. The minimum atomic E-state index is -3.09. The van der Waals surface area contributed by atoms with E-state index in [4.69, 9.17) is 9.47 Å². The number of rotatable bonds is 12. The normalized spacial score (nSPS) is 24.0. The van der Waals surface area contributed by atoms with E-state index >= 15 is 0 Å². The highest BCUT2D eigenvalue weighted by Gasteiger charge is 2.39. The number of para-hydroxylation sites is 1. The highest BCUT2D eigenvalue weighted by molar-refractivity contribution is 5.69. The summed E-state index contributed by atoms with van der Waals surface area (Å²) in [5, 5.41) is 10.4. The van der Waals surface area contributed by atoms with Gasteiger partial charge in [-0.2, -0.15) is 8.78 Å². The molecule has 1 aliphatic rings. The quantitative estimate of drug-likeness (QED) is 0.243. The highest BCUT2D eigenvalue weighted by Crippen LogP contribution is 2.41. The summed E-state index contributed by atoms with van der Waals surface area (Å²) in [5.74, 6) is -2.99. The molecule has 6 heteroatoms. The number of carbonyl (C=O) groups excluding carboxylic acids is 1. The van der Waals surface area contributed by atoms with Gasteiger partial charge in [0.1, 0.15) is 5.75 Å². The molecule has 0 aliphatic heterocycles. The highest BCUT2D eigenvalue weighted by atomic mass is 19.3. The molecular weight excluding hydrogens is 414 g/mol. The first-order valence-electron chi connectivity index (χ1n) is 11.5. The molecule has 1 aromatic carbocycles. The van der Waals surface area contributed by atoms with Crippen LogP contribution in [0, 0.1) is 17.8 Å². The third kappa shape index (κ3) is 9.11. The van der Waals surface area contributed by atoms with Gasteiger partial charge in [-0.3, -0.25) is 4.79 Å². The number of allylic oxidation sites excluding steroid dienone is 3. The van der Waals surface area contributed by atoms with Gasteiger partial charge in [-0.1, -0.05) is 43.4 Å². The number of esters is 1. The second-order valence-electron chi connectivity index (χ2n) is 8.88. The number of aliphatic hydroxyl groups excluding tert-OH is 1. The number of alkyl halides is 2. The SMILES string of the molecule is CC(C)OC(=O)CCC/C=C\C[C@@H]1[C@@H](/C=C/C(F)(F)COc2ccccc2)[C@H](C)C[C@@H]1O. The zero-order chi connectivity index (χ0) is 23.6. The van der Waals surface area contributed by atoms with Crippen LogP contribution in [0.15, 0.2) is 54.6 Å². The van der Waals surface area contributed by atoms with Gasteiger partial charge in [-0.15, -0.1) is 0 Å². The summed E-state index contributed by atoms with van der Waals surface area (Å²) < 4.78 is 39.0. The molecule has 4 atom stereocenters. The fraction of sp³-hybridized carbons (Fsp3) is 0.577. The van der Waals surface area contributed by atoms with E-state index in [2.05, 4.69) is 0 Å². The molecule has 32 heavy (non-hydrogen) atoms. The van der Waals surface area contributed by atoms with Crippen LogP contribution in [0.3, 0.4) is 0 Å². The van der Waals surface area contributed by atoms with Crippen LogP contribution in [0.4, 0.5) is 8.78 Å². The molecule has 0 saturated heterocycles. The van der Waals surface area contributed by atoms with Crippen LogP contribution < -0.4 is 4.74 Å². The van der Waals surface area contributed by atoms with E-state index in [-0.39, 0.29) is 29.8 Å². The number of hydrogen-bond donors (Lipinski definition) is 1. The maximum atomic E-state index is 14.3. The Bertz CT molecular complexity index is 745. The lowest BCUT2D eigenvalue weighted by molar-refractivity contribution is -0.147. The molecule has 0 amide bonds. The number of ether oxygens (including phenoxy) is 2. The van der Waals surface area contributed by atoms with Crippen molar-refractivity contribution in [1.29, 1.82) is 0 Å². The van der Waals surface area contributed by atoms with Crippen LogP contribution in [0.25, 0.3) is 0 Å². The molecule has 1 saturated carbocycles. The Morgan fingerprint density at radius 3 is 2.66 bits per heavy atom. The summed E-state index contributed by atoms with van der Waals surface area (Å²) in [6.45, 7) is 4.91. The van der Waals surface area contributed by atoms with Crippen LogP contribution in [0.5, 0.6) is 5.75 Å². The lowest BCUT2D eigenvalue weighted by Gasteiger charge is -2.21. The third-order valence-electron chi connectivity index (χ3n) is 5.69. The molecular formula is C26H36F2O4. The monoisotopic (exact) mass is 450 g/mol. The van der Waals surface area contributed by atoms with E-state index < -0.39 is 18.6 Å². The Morgan fingerprint density at radius 2 is 1.97 bits per heavy atom. The van der Waals surface area contributed by atoms with Crippen molar-refractivity contribution in [3.8, 4) is 5.75 Å². The van der Waals surface area contributed by atoms with Gasteiger partial charge in [0.25, 0.3) is 5.92 Å². The van der Waals surface area contributed by atoms with Crippen molar-refractivity contribution in [3.05, 3.63) is 54.6 Å².